The highest BCUT2D eigenvalue weighted by atomic mass is 32.2. The van der Waals surface area contributed by atoms with Crippen LogP contribution in [-0.2, 0) is 16.6 Å². The van der Waals surface area contributed by atoms with Crippen molar-refractivity contribution in [2.45, 2.75) is 31.2 Å². The van der Waals surface area contributed by atoms with Gasteiger partial charge in [-0.05, 0) is 67.1 Å². The van der Waals surface area contributed by atoms with Crippen molar-refractivity contribution in [1.29, 1.82) is 0 Å². The number of rotatable bonds is 13. The maximum Gasteiger partial charge on any atom is 0.337 e. The lowest BCUT2D eigenvalue weighted by atomic mass is 10.1. The quantitative estimate of drug-likeness (QED) is 0.145. The summed E-state index contributed by atoms with van der Waals surface area (Å²) in [4.78, 5) is 11.9. The number of ether oxygens (including phenoxy) is 2. The summed E-state index contributed by atoms with van der Waals surface area (Å²) in [6.07, 6.45) is 1.84. The lowest BCUT2D eigenvalue weighted by Crippen LogP contribution is -2.15. The maximum absolute atomic E-state index is 13.9. The largest absolute Gasteiger partial charge is 0.494 e. The number of hydrogen-bond donors (Lipinski definition) is 3. The normalized spacial score (nSPS) is 11.1. The molecule has 0 heterocycles. The molecule has 0 radical (unpaired) electrons. The number of carboxylic acid groups (broad SMARTS) is 1. The Morgan fingerprint density at radius 2 is 1.61 bits per heavy atom. The predicted octanol–water partition coefficient (Wildman–Crippen LogP) is 7.05. The van der Waals surface area contributed by atoms with E-state index in [9.17, 15) is 27.1 Å². The maximum atomic E-state index is 13.9. The summed E-state index contributed by atoms with van der Waals surface area (Å²) >= 11 is 0. The topological polar surface area (TPSA) is 114 Å². The molecule has 0 aliphatic rings. The van der Waals surface area contributed by atoms with Crippen LogP contribution < -0.4 is 19.5 Å². The van der Waals surface area contributed by atoms with Gasteiger partial charge in [0.2, 0.25) is 0 Å². The fourth-order valence-corrected chi connectivity index (χ4v) is 4.87. The average Bonchev–Trinajstić information content (AvgIpc) is 2.95. The summed E-state index contributed by atoms with van der Waals surface area (Å²) in [5.41, 5.74) is 0.245. The smallest absolute Gasteiger partial charge is 0.337 e. The van der Waals surface area contributed by atoms with Crippen LogP contribution in [0.1, 0.15) is 35.7 Å². The van der Waals surface area contributed by atoms with Gasteiger partial charge in [-0.1, -0.05) is 31.5 Å². The Balaban J connectivity index is 1.46. The summed E-state index contributed by atoms with van der Waals surface area (Å²) < 4.78 is 67.0. The molecule has 0 fully saturated rings. The van der Waals surface area contributed by atoms with Gasteiger partial charge in [-0.3, -0.25) is 4.72 Å². The van der Waals surface area contributed by atoms with Gasteiger partial charge >= 0.3 is 5.97 Å². The summed E-state index contributed by atoms with van der Waals surface area (Å²) in [7, 11) is -4.09. The molecule has 11 heteroatoms. The fourth-order valence-electron chi connectivity index (χ4n) is 3.79. The zero-order valence-corrected chi connectivity index (χ0v) is 22.9. The summed E-state index contributed by atoms with van der Waals surface area (Å²) in [6, 6.07) is 20.3. The minimum atomic E-state index is -4.09. The SMILES string of the molecule is CCCCOc1ccc(S(=O)(=O)Nc2ccc(Oc3cccc(NCc4cccc(F)c4F)c3)cc2C(=O)O)cc1. The number of anilines is 2. The highest BCUT2D eigenvalue weighted by molar-refractivity contribution is 7.92. The molecule has 0 amide bonds. The zero-order valence-electron chi connectivity index (χ0n) is 22.1. The molecule has 4 aromatic rings. The molecule has 214 valence electrons. The lowest BCUT2D eigenvalue weighted by Gasteiger charge is -2.14. The standard InChI is InChI=1S/C30H28F2N2O6S/c1-2-3-16-39-22-10-13-25(14-11-22)41(37,38)34-28-15-12-24(18-26(28)30(35)36)40-23-8-5-7-21(17-23)33-19-20-6-4-9-27(31)29(20)32/h4-15,17-18,33-34H,2-3,16,19H2,1H3,(H,35,36). The van der Waals surface area contributed by atoms with Gasteiger partial charge in [0.15, 0.2) is 11.6 Å². The number of unbranched alkanes of at least 4 members (excludes halogenated alkanes) is 1. The molecular formula is C30H28F2N2O6S. The molecule has 0 saturated heterocycles. The first-order chi connectivity index (χ1) is 19.7. The number of hydrogen-bond acceptors (Lipinski definition) is 6. The van der Waals surface area contributed by atoms with Crippen LogP contribution in [0.5, 0.6) is 17.2 Å². The molecule has 0 unspecified atom stereocenters. The molecule has 41 heavy (non-hydrogen) atoms. The van der Waals surface area contributed by atoms with Crippen molar-refractivity contribution in [2.24, 2.45) is 0 Å². The Morgan fingerprint density at radius 3 is 2.34 bits per heavy atom. The van der Waals surface area contributed by atoms with Crippen molar-refractivity contribution in [3.63, 3.8) is 0 Å². The van der Waals surface area contributed by atoms with Crippen LogP contribution in [0.2, 0.25) is 0 Å². The number of carboxylic acids is 1. The Bertz CT molecular complexity index is 1630. The number of carbonyl (C=O) groups is 1. The summed E-state index contributed by atoms with van der Waals surface area (Å²) in [6.45, 7) is 2.58. The second-order valence-corrected chi connectivity index (χ2v) is 10.7. The number of sulfonamides is 1. The minimum Gasteiger partial charge on any atom is -0.494 e. The Hall–Kier alpha value is -4.64. The van der Waals surface area contributed by atoms with Crippen LogP contribution in [-0.4, -0.2) is 26.1 Å². The Labute approximate surface area is 236 Å². The van der Waals surface area contributed by atoms with Gasteiger partial charge < -0.3 is 19.9 Å². The van der Waals surface area contributed by atoms with Crippen molar-refractivity contribution >= 4 is 27.4 Å². The van der Waals surface area contributed by atoms with Gasteiger partial charge in [0.1, 0.15) is 17.2 Å². The second-order valence-electron chi connectivity index (χ2n) is 8.99. The van der Waals surface area contributed by atoms with Crippen LogP contribution in [0.25, 0.3) is 0 Å². The molecule has 0 aromatic heterocycles. The van der Waals surface area contributed by atoms with E-state index < -0.39 is 27.6 Å². The molecule has 0 saturated carbocycles. The van der Waals surface area contributed by atoms with Gasteiger partial charge in [0.25, 0.3) is 10.0 Å². The van der Waals surface area contributed by atoms with Crippen LogP contribution in [0.3, 0.4) is 0 Å². The van der Waals surface area contributed by atoms with E-state index in [-0.39, 0.29) is 34.0 Å². The van der Waals surface area contributed by atoms with Gasteiger partial charge in [-0.2, -0.15) is 0 Å². The molecule has 0 atom stereocenters. The third kappa shape index (κ3) is 7.73. The zero-order chi connectivity index (χ0) is 29.4. The first-order valence-corrected chi connectivity index (χ1v) is 14.2. The monoisotopic (exact) mass is 582 g/mol. The number of halogens is 2. The van der Waals surface area contributed by atoms with Crippen molar-refractivity contribution < 1.29 is 36.6 Å². The minimum absolute atomic E-state index is 0.0274. The first kappa shape index (κ1) is 29.3. The Morgan fingerprint density at radius 1 is 0.902 bits per heavy atom. The van der Waals surface area contributed by atoms with E-state index in [4.69, 9.17) is 9.47 Å². The molecule has 0 aliphatic heterocycles. The summed E-state index contributed by atoms with van der Waals surface area (Å²) in [5, 5.41) is 12.7. The van der Waals surface area contributed by atoms with Crippen LogP contribution in [0.4, 0.5) is 20.2 Å². The second kappa shape index (κ2) is 13.1. The van der Waals surface area contributed by atoms with E-state index in [1.807, 2.05) is 6.92 Å². The average molecular weight is 583 g/mol. The molecule has 4 rings (SSSR count). The van der Waals surface area contributed by atoms with Crippen LogP contribution >= 0.6 is 0 Å². The molecule has 0 spiro atoms. The molecule has 4 aromatic carbocycles. The highest BCUT2D eigenvalue weighted by Gasteiger charge is 2.20. The van der Waals surface area contributed by atoms with Crippen molar-refractivity contribution in [3.8, 4) is 17.2 Å². The first-order valence-electron chi connectivity index (χ1n) is 12.7. The van der Waals surface area contributed by atoms with E-state index in [0.29, 0.717) is 23.8 Å². The third-order valence-electron chi connectivity index (χ3n) is 5.95. The number of benzene rings is 4. The van der Waals surface area contributed by atoms with Crippen molar-refractivity contribution in [2.75, 3.05) is 16.6 Å². The van der Waals surface area contributed by atoms with Crippen molar-refractivity contribution in [1.82, 2.24) is 0 Å². The van der Waals surface area contributed by atoms with E-state index in [1.165, 1.54) is 54.6 Å². The van der Waals surface area contributed by atoms with E-state index in [0.717, 1.165) is 18.9 Å². The fraction of sp³-hybridized carbons (Fsp3) is 0.167. The lowest BCUT2D eigenvalue weighted by molar-refractivity contribution is 0.0697. The van der Waals surface area contributed by atoms with Crippen LogP contribution in [0.15, 0.2) is 89.8 Å². The summed E-state index contributed by atoms with van der Waals surface area (Å²) in [5.74, 6) is -2.22. The number of nitrogens with one attached hydrogen (secondary N) is 2. The Kier molecular flexibility index (Phi) is 9.41. The van der Waals surface area contributed by atoms with Gasteiger partial charge in [0, 0.05) is 23.9 Å². The van der Waals surface area contributed by atoms with E-state index in [1.54, 1.807) is 24.3 Å². The van der Waals surface area contributed by atoms with Crippen molar-refractivity contribution in [3.05, 3.63) is 108 Å². The van der Waals surface area contributed by atoms with E-state index in [2.05, 4.69) is 10.0 Å². The molecule has 0 bridgehead atoms. The molecule has 8 nitrogen and oxygen atoms in total. The predicted molar refractivity (Wildman–Crippen MR) is 151 cm³/mol. The van der Waals surface area contributed by atoms with Gasteiger partial charge in [-0.25, -0.2) is 22.0 Å². The van der Waals surface area contributed by atoms with Crippen LogP contribution in [0, 0.1) is 11.6 Å². The van der Waals surface area contributed by atoms with Gasteiger partial charge in [-0.15, -0.1) is 0 Å². The molecule has 3 N–H and O–H groups in total. The molecular weight excluding hydrogens is 554 g/mol. The van der Waals surface area contributed by atoms with E-state index >= 15 is 0 Å². The highest BCUT2D eigenvalue weighted by Crippen LogP contribution is 2.30. The third-order valence-corrected chi connectivity index (χ3v) is 7.33. The van der Waals surface area contributed by atoms with Gasteiger partial charge in [0.05, 0.1) is 22.8 Å². The molecule has 0 aliphatic carbocycles. The number of aromatic carboxylic acids is 1.